The molecule has 5 nitrogen and oxygen atoms in total. The normalized spacial score (nSPS) is 15.2. The Morgan fingerprint density at radius 2 is 1.90 bits per heavy atom. The number of halogens is 1. The van der Waals surface area contributed by atoms with E-state index in [1.165, 1.54) is 0 Å². The fraction of sp³-hybridized carbons (Fsp3) is 0.333. The Hall–Kier alpha value is -1.85. The maximum atomic E-state index is 12.5. The second-order valence-electron chi connectivity index (χ2n) is 4.94. The van der Waals surface area contributed by atoms with Crippen LogP contribution in [0.15, 0.2) is 30.5 Å². The number of hydrogen-bond donors (Lipinski definition) is 0. The van der Waals surface area contributed by atoms with Crippen LogP contribution in [-0.2, 0) is 4.74 Å². The molecule has 0 spiro atoms. The number of ether oxygens (including phenoxy) is 1. The second-order valence-corrected chi connectivity index (χ2v) is 5.37. The minimum absolute atomic E-state index is 0.0102. The highest BCUT2D eigenvalue weighted by molar-refractivity contribution is 6.30. The predicted octanol–water partition coefficient (Wildman–Crippen LogP) is 2.31. The molecule has 0 unspecified atom stereocenters. The van der Waals surface area contributed by atoms with Crippen molar-refractivity contribution in [1.29, 1.82) is 0 Å². The molecule has 2 aromatic rings. The van der Waals surface area contributed by atoms with E-state index in [4.69, 9.17) is 16.3 Å². The summed E-state index contributed by atoms with van der Waals surface area (Å²) in [4.78, 5) is 14.3. The van der Waals surface area contributed by atoms with Gasteiger partial charge < -0.3 is 9.64 Å². The lowest BCUT2D eigenvalue weighted by Crippen LogP contribution is -2.40. The van der Waals surface area contributed by atoms with E-state index < -0.39 is 0 Å². The molecule has 0 bridgehead atoms. The number of nitrogens with zero attached hydrogens (tertiary/aromatic N) is 3. The van der Waals surface area contributed by atoms with Gasteiger partial charge in [-0.05, 0) is 31.2 Å². The Bertz CT molecular complexity index is 645. The Morgan fingerprint density at radius 1 is 1.24 bits per heavy atom. The maximum Gasteiger partial charge on any atom is 0.257 e. The number of carbonyl (C=O) groups excluding carboxylic acids is 1. The van der Waals surface area contributed by atoms with Gasteiger partial charge in [0.25, 0.3) is 5.91 Å². The van der Waals surface area contributed by atoms with E-state index in [1.54, 1.807) is 15.8 Å². The number of carbonyl (C=O) groups is 1. The molecular weight excluding hydrogens is 290 g/mol. The molecule has 0 atom stereocenters. The van der Waals surface area contributed by atoms with Crippen LogP contribution in [0.5, 0.6) is 0 Å². The van der Waals surface area contributed by atoms with Crippen LogP contribution in [0.4, 0.5) is 0 Å². The van der Waals surface area contributed by atoms with Crippen LogP contribution in [0.1, 0.15) is 16.1 Å². The van der Waals surface area contributed by atoms with E-state index in [0.717, 1.165) is 11.4 Å². The molecule has 1 fully saturated rings. The summed E-state index contributed by atoms with van der Waals surface area (Å²) in [5.41, 5.74) is 2.35. The van der Waals surface area contributed by atoms with Gasteiger partial charge in [0.15, 0.2) is 0 Å². The van der Waals surface area contributed by atoms with E-state index in [2.05, 4.69) is 5.10 Å². The fourth-order valence-corrected chi connectivity index (χ4v) is 2.52. The average molecular weight is 306 g/mol. The quantitative estimate of drug-likeness (QED) is 0.855. The van der Waals surface area contributed by atoms with Gasteiger partial charge in [0, 0.05) is 18.1 Å². The molecule has 1 saturated heterocycles. The molecule has 0 aliphatic carbocycles. The monoisotopic (exact) mass is 305 g/mol. The van der Waals surface area contributed by atoms with Crippen molar-refractivity contribution in [3.8, 4) is 5.69 Å². The summed E-state index contributed by atoms with van der Waals surface area (Å²) < 4.78 is 7.03. The van der Waals surface area contributed by atoms with Gasteiger partial charge in [-0.1, -0.05) is 11.6 Å². The minimum Gasteiger partial charge on any atom is -0.378 e. The van der Waals surface area contributed by atoms with Gasteiger partial charge in [-0.3, -0.25) is 4.79 Å². The summed E-state index contributed by atoms with van der Waals surface area (Å²) in [6, 6.07) is 7.37. The Kier molecular flexibility index (Phi) is 3.94. The zero-order valence-corrected chi connectivity index (χ0v) is 12.5. The first-order valence-electron chi connectivity index (χ1n) is 6.84. The predicted molar refractivity (Wildman–Crippen MR) is 80.0 cm³/mol. The van der Waals surface area contributed by atoms with Crippen molar-refractivity contribution in [2.45, 2.75) is 6.92 Å². The molecule has 1 amide bonds. The molecule has 1 aromatic carbocycles. The van der Waals surface area contributed by atoms with E-state index in [0.29, 0.717) is 36.9 Å². The topological polar surface area (TPSA) is 47.4 Å². The van der Waals surface area contributed by atoms with Crippen molar-refractivity contribution in [3.63, 3.8) is 0 Å². The smallest absolute Gasteiger partial charge is 0.257 e. The number of rotatable bonds is 2. The van der Waals surface area contributed by atoms with Crippen LogP contribution in [0.3, 0.4) is 0 Å². The fourth-order valence-electron chi connectivity index (χ4n) is 2.40. The molecule has 1 aliphatic heterocycles. The molecular formula is C15H16ClN3O2. The molecule has 6 heteroatoms. The molecule has 110 valence electrons. The number of hydrogen-bond acceptors (Lipinski definition) is 3. The largest absolute Gasteiger partial charge is 0.378 e. The number of aromatic nitrogens is 2. The van der Waals surface area contributed by atoms with Crippen LogP contribution in [0.25, 0.3) is 5.69 Å². The lowest BCUT2D eigenvalue weighted by atomic mass is 10.2. The Morgan fingerprint density at radius 3 is 2.57 bits per heavy atom. The van der Waals surface area contributed by atoms with E-state index in [1.807, 2.05) is 31.2 Å². The maximum absolute atomic E-state index is 12.5. The Labute approximate surface area is 128 Å². The van der Waals surface area contributed by atoms with E-state index in [9.17, 15) is 4.79 Å². The van der Waals surface area contributed by atoms with Gasteiger partial charge in [0.2, 0.25) is 0 Å². The van der Waals surface area contributed by atoms with Crippen molar-refractivity contribution < 1.29 is 9.53 Å². The lowest BCUT2D eigenvalue weighted by Gasteiger charge is -2.26. The zero-order chi connectivity index (χ0) is 14.8. The summed E-state index contributed by atoms with van der Waals surface area (Å²) in [6.07, 6.45) is 1.63. The molecule has 2 heterocycles. The van der Waals surface area contributed by atoms with Gasteiger partial charge >= 0.3 is 0 Å². The highest BCUT2D eigenvalue weighted by Gasteiger charge is 2.22. The number of benzene rings is 1. The first-order valence-corrected chi connectivity index (χ1v) is 7.22. The summed E-state index contributed by atoms with van der Waals surface area (Å²) in [5, 5.41) is 5.00. The highest BCUT2D eigenvalue weighted by atomic mass is 35.5. The molecule has 3 rings (SSSR count). The van der Waals surface area contributed by atoms with E-state index >= 15 is 0 Å². The van der Waals surface area contributed by atoms with Gasteiger partial charge in [0.05, 0.1) is 36.4 Å². The molecule has 0 radical (unpaired) electrons. The van der Waals surface area contributed by atoms with Crippen LogP contribution in [0.2, 0.25) is 5.02 Å². The first-order chi connectivity index (χ1) is 10.2. The third-order valence-electron chi connectivity index (χ3n) is 3.61. The van der Waals surface area contributed by atoms with Gasteiger partial charge in [-0.2, -0.15) is 5.10 Å². The van der Waals surface area contributed by atoms with Crippen LogP contribution < -0.4 is 0 Å². The molecule has 21 heavy (non-hydrogen) atoms. The molecule has 0 N–H and O–H groups in total. The van der Waals surface area contributed by atoms with Gasteiger partial charge in [-0.25, -0.2) is 4.68 Å². The molecule has 0 saturated carbocycles. The van der Waals surface area contributed by atoms with Crippen molar-refractivity contribution in [1.82, 2.24) is 14.7 Å². The third-order valence-corrected chi connectivity index (χ3v) is 3.86. The van der Waals surface area contributed by atoms with Gasteiger partial charge in [0.1, 0.15) is 0 Å². The summed E-state index contributed by atoms with van der Waals surface area (Å²) in [6.45, 7) is 4.34. The van der Waals surface area contributed by atoms with Gasteiger partial charge in [-0.15, -0.1) is 0 Å². The number of morpholine rings is 1. The summed E-state index contributed by atoms with van der Waals surface area (Å²) in [5.74, 6) is 0.0102. The van der Waals surface area contributed by atoms with Crippen molar-refractivity contribution in [2.75, 3.05) is 26.3 Å². The summed E-state index contributed by atoms with van der Waals surface area (Å²) >= 11 is 5.89. The van der Waals surface area contributed by atoms with E-state index in [-0.39, 0.29) is 5.91 Å². The Balaban J connectivity index is 1.88. The average Bonchev–Trinajstić information content (AvgIpc) is 2.90. The first kappa shape index (κ1) is 14.1. The van der Waals surface area contributed by atoms with Crippen molar-refractivity contribution in [3.05, 3.63) is 46.7 Å². The second kappa shape index (κ2) is 5.87. The van der Waals surface area contributed by atoms with Crippen LogP contribution >= 0.6 is 11.6 Å². The minimum atomic E-state index is 0.0102. The van der Waals surface area contributed by atoms with Crippen LogP contribution in [0, 0.1) is 6.92 Å². The lowest BCUT2D eigenvalue weighted by molar-refractivity contribution is 0.0302. The number of amides is 1. The van der Waals surface area contributed by atoms with Crippen molar-refractivity contribution >= 4 is 17.5 Å². The zero-order valence-electron chi connectivity index (χ0n) is 11.8. The van der Waals surface area contributed by atoms with Crippen LogP contribution in [-0.4, -0.2) is 46.9 Å². The SMILES string of the molecule is Cc1c(C(=O)N2CCOCC2)cnn1-c1ccc(Cl)cc1. The standard InChI is InChI=1S/C15H16ClN3O2/c1-11-14(15(20)18-6-8-21-9-7-18)10-17-19(11)13-4-2-12(16)3-5-13/h2-5,10H,6-9H2,1H3. The summed E-state index contributed by atoms with van der Waals surface area (Å²) in [7, 11) is 0. The molecule has 1 aliphatic rings. The third kappa shape index (κ3) is 2.80. The highest BCUT2D eigenvalue weighted by Crippen LogP contribution is 2.18. The van der Waals surface area contributed by atoms with Crippen molar-refractivity contribution in [2.24, 2.45) is 0 Å². The molecule has 1 aromatic heterocycles.